The van der Waals surface area contributed by atoms with E-state index in [0.717, 1.165) is 34.6 Å². The third-order valence-electron chi connectivity index (χ3n) is 5.90. The molecule has 170 valence electrons. The highest BCUT2D eigenvalue weighted by molar-refractivity contribution is 8.00. The second-order valence-electron chi connectivity index (χ2n) is 8.32. The maximum Gasteiger partial charge on any atom is 0.238 e. The lowest BCUT2D eigenvalue weighted by Crippen LogP contribution is -2.27. The number of carbonyl (C=O) groups excluding carboxylic acids is 2. The van der Waals surface area contributed by atoms with E-state index < -0.39 is 0 Å². The largest absolute Gasteiger partial charge is 0.378 e. The van der Waals surface area contributed by atoms with Gasteiger partial charge in [-0.25, -0.2) is 0 Å². The molecule has 1 fully saturated rings. The Morgan fingerprint density at radius 3 is 2.30 bits per heavy atom. The zero-order valence-electron chi connectivity index (χ0n) is 19.2. The molecule has 6 heteroatoms. The minimum absolute atomic E-state index is 0.00974. The van der Waals surface area contributed by atoms with Crippen molar-refractivity contribution in [1.82, 2.24) is 0 Å². The van der Waals surface area contributed by atoms with Crippen LogP contribution in [0, 0.1) is 0 Å². The molecule has 1 N–H and O–H groups in total. The molecule has 0 saturated carbocycles. The molecule has 1 heterocycles. The van der Waals surface area contributed by atoms with Crippen molar-refractivity contribution >= 4 is 40.6 Å². The quantitative estimate of drug-likeness (QED) is 0.495. The number of amides is 2. The van der Waals surface area contributed by atoms with Crippen molar-refractivity contribution in [3.63, 3.8) is 0 Å². The first-order valence-corrected chi connectivity index (χ1v) is 12.2. The Kier molecular flexibility index (Phi) is 7.04. The Bertz CT molecular complexity index is 1100. The Balaban J connectivity index is 1.49. The van der Waals surface area contributed by atoms with E-state index in [-0.39, 0.29) is 23.1 Å². The molecule has 2 atom stereocenters. The van der Waals surface area contributed by atoms with Crippen LogP contribution in [0.15, 0.2) is 78.9 Å². The van der Waals surface area contributed by atoms with Gasteiger partial charge in [0.05, 0.1) is 11.7 Å². The summed E-state index contributed by atoms with van der Waals surface area (Å²) in [4.78, 5) is 29.4. The maximum absolute atomic E-state index is 12.9. The van der Waals surface area contributed by atoms with Gasteiger partial charge < -0.3 is 10.2 Å². The van der Waals surface area contributed by atoms with Crippen LogP contribution in [0.5, 0.6) is 0 Å². The second-order valence-corrected chi connectivity index (χ2v) is 9.39. The van der Waals surface area contributed by atoms with Gasteiger partial charge in [-0.1, -0.05) is 49.4 Å². The summed E-state index contributed by atoms with van der Waals surface area (Å²) in [6, 6.07) is 25.7. The van der Waals surface area contributed by atoms with E-state index in [4.69, 9.17) is 0 Å². The minimum Gasteiger partial charge on any atom is -0.378 e. The summed E-state index contributed by atoms with van der Waals surface area (Å²) in [7, 11) is 4.00. The number of anilines is 3. The minimum atomic E-state index is -0.186. The normalized spacial score (nSPS) is 16.5. The van der Waals surface area contributed by atoms with Crippen molar-refractivity contribution in [1.29, 1.82) is 0 Å². The molecule has 2 amide bonds. The molecule has 0 spiro atoms. The third-order valence-corrected chi connectivity index (χ3v) is 7.11. The molecule has 0 bridgehead atoms. The molecule has 0 radical (unpaired) electrons. The van der Waals surface area contributed by atoms with Crippen LogP contribution < -0.4 is 15.1 Å². The molecule has 3 aromatic rings. The molecule has 5 nitrogen and oxygen atoms in total. The molecule has 4 rings (SSSR count). The first-order valence-electron chi connectivity index (χ1n) is 11.1. The highest BCUT2D eigenvalue weighted by Crippen LogP contribution is 2.42. The number of hydrogen-bond acceptors (Lipinski definition) is 4. The fourth-order valence-corrected chi connectivity index (χ4v) is 5.26. The lowest BCUT2D eigenvalue weighted by Gasteiger charge is -2.25. The average molecular weight is 460 g/mol. The lowest BCUT2D eigenvalue weighted by atomic mass is 9.95. The van der Waals surface area contributed by atoms with Crippen LogP contribution >= 0.6 is 11.8 Å². The van der Waals surface area contributed by atoms with Crippen LogP contribution in [0.2, 0.25) is 0 Å². The summed E-state index contributed by atoms with van der Waals surface area (Å²) in [6.07, 6.45) is 0.732. The van der Waals surface area contributed by atoms with Gasteiger partial charge in [0, 0.05) is 31.2 Å². The summed E-state index contributed by atoms with van der Waals surface area (Å²) in [6.45, 7) is 2.02. The van der Waals surface area contributed by atoms with Gasteiger partial charge in [-0.15, -0.1) is 11.8 Å². The average Bonchev–Trinajstić information content (AvgIpc) is 3.22. The van der Waals surface area contributed by atoms with Crippen LogP contribution in [0.4, 0.5) is 17.1 Å². The first kappa shape index (κ1) is 22.9. The number of nitrogens with zero attached hydrogens (tertiary/aromatic N) is 2. The monoisotopic (exact) mass is 459 g/mol. The Labute approximate surface area is 199 Å². The molecule has 0 unspecified atom stereocenters. The smallest absolute Gasteiger partial charge is 0.238 e. The Hall–Kier alpha value is -3.25. The fraction of sp³-hybridized carbons (Fsp3) is 0.259. The van der Waals surface area contributed by atoms with Crippen molar-refractivity contribution in [2.75, 3.05) is 35.0 Å². The number of rotatable bonds is 7. The number of hydrogen-bond donors (Lipinski definition) is 1. The van der Waals surface area contributed by atoms with Crippen molar-refractivity contribution in [2.24, 2.45) is 0 Å². The highest BCUT2D eigenvalue weighted by Gasteiger charge is 2.34. The molecular formula is C27H29N3O2S. The first-order chi connectivity index (χ1) is 16.0. The SMILES string of the molecule is CC[C@@H](C(=O)Nc1ccc([C@H]2SCC(=O)N2c2ccc(N(C)C)cc2)cc1)c1ccccc1. The number of carbonyl (C=O) groups is 2. The van der Waals surface area contributed by atoms with Gasteiger partial charge in [0.15, 0.2) is 0 Å². The summed E-state index contributed by atoms with van der Waals surface area (Å²) in [5.41, 5.74) is 4.80. The lowest BCUT2D eigenvalue weighted by molar-refractivity contribution is -0.118. The van der Waals surface area contributed by atoms with Crippen LogP contribution in [0.3, 0.4) is 0 Å². The van der Waals surface area contributed by atoms with E-state index in [1.54, 1.807) is 11.8 Å². The summed E-state index contributed by atoms with van der Waals surface area (Å²) in [5.74, 6) is 0.362. The zero-order valence-corrected chi connectivity index (χ0v) is 20.0. The second kappa shape index (κ2) is 10.1. The van der Waals surface area contributed by atoms with E-state index in [0.29, 0.717) is 5.75 Å². The van der Waals surface area contributed by atoms with Gasteiger partial charge in [0.1, 0.15) is 5.37 Å². The maximum atomic E-state index is 12.9. The Morgan fingerprint density at radius 1 is 1.03 bits per heavy atom. The number of thioether (sulfide) groups is 1. The van der Waals surface area contributed by atoms with Crippen LogP contribution in [-0.2, 0) is 9.59 Å². The van der Waals surface area contributed by atoms with Gasteiger partial charge in [-0.3, -0.25) is 14.5 Å². The molecule has 1 aliphatic rings. The van der Waals surface area contributed by atoms with Crippen molar-refractivity contribution in [3.05, 3.63) is 90.0 Å². The molecule has 33 heavy (non-hydrogen) atoms. The van der Waals surface area contributed by atoms with Gasteiger partial charge in [0.2, 0.25) is 11.8 Å². The van der Waals surface area contributed by atoms with E-state index in [9.17, 15) is 9.59 Å². The summed E-state index contributed by atoms with van der Waals surface area (Å²) in [5, 5.41) is 2.96. The van der Waals surface area contributed by atoms with Crippen LogP contribution in [-0.4, -0.2) is 31.7 Å². The van der Waals surface area contributed by atoms with Crippen LogP contribution in [0.25, 0.3) is 0 Å². The number of benzene rings is 3. The summed E-state index contributed by atoms with van der Waals surface area (Å²) >= 11 is 1.62. The van der Waals surface area contributed by atoms with E-state index in [2.05, 4.69) is 5.32 Å². The van der Waals surface area contributed by atoms with Crippen molar-refractivity contribution in [2.45, 2.75) is 24.6 Å². The molecule has 3 aromatic carbocycles. The highest BCUT2D eigenvalue weighted by atomic mass is 32.2. The van der Waals surface area contributed by atoms with Gasteiger partial charge >= 0.3 is 0 Å². The molecule has 1 aliphatic heterocycles. The molecular weight excluding hydrogens is 430 g/mol. The van der Waals surface area contributed by atoms with Gasteiger partial charge in [0.25, 0.3) is 0 Å². The standard InChI is InChI=1S/C27H29N3O2S/c1-4-24(19-8-6-5-7-9-19)26(32)28-21-12-10-20(11-13-21)27-30(25(31)18-33-27)23-16-14-22(15-17-23)29(2)3/h5-17,24,27H,4,18H2,1-3H3,(H,28,32)/t24-,27-/m1/s1. The topological polar surface area (TPSA) is 52.7 Å². The summed E-state index contributed by atoms with van der Waals surface area (Å²) < 4.78 is 0. The van der Waals surface area contributed by atoms with Crippen molar-refractivity contribution < 1.29 is 9.59 Å². The van der Waals surface area contributed by atoms with Crippen molar-refractivity contribution in [3.8, 4) is 0 Å². The third kappa shape index (κ3) is 5.06. The Morgan fingerprint density at radius 2 is 1.70 bits per heavy atom. The van der Waals surface area contributed by atoms with E-state index in [1.165, 1.54) is 0 Å². The molecule has 1 saturated heterocycles. The zero-order chi connectivity index (χ0) is 23.4. The predicted molar refractivity (Wildman–Crippen MR) is 138 cm³/mol. The molecule has 0 aliphatic carbocycles. The van der Waals surface area contributed by atoms with Gasteiger partial charge in [-0.2, -0.15) is 0 Å². The van der Waals surface area contributed by atoms with Gasteiger partial charge in [-0.05, 0) is 53.9 Å². The van der Waals surface area contributed by atoms with Crippen LogP contribution in [0.1, 0.15) is 35.8 Å². The molecule has 0 aromatic heterocycles. The predicted octanol–water partition coefficient (Wildman–Crippen LogP) is 5.66. The van der Waals surface area contributed by atoms with E-state index >= 15 is 0 Å². The fourth-order valence-electron chi connectivity index (χ4n) is 4.08. The van der Waals surface area contributed by atoms with E-state index in [1.807, 2.05) is 110 Å². The number of nitrogens with one attached hydrogen (secondary N) is 1.